The maximum absolute atomic E-state index is 13.8. The van der Waals surface area contributed by atoms with Crippen LogP contribution in [-0.4, -0.2) is 5.51 Å². The molecule has 1 aromatic rings. The Morgan fingerprint density at radius 2 is 1.82 bits per heavy atom. The maximum Gasteiger partial charge on any atom is 0.468 e. The summed E-state index contributed by atoms with van der Waals surface area (Å²) in [5, 5.41) is 0. The van der Waals surface area contributed by atoms with Gasteiger partial charge in [0.15, 0.2) is 10.3 Å². The highest BCUT2D eigenvalue weighted by atomic mass is 35.7. The van der Waals surface area contributed by atoms with Crippen LogP contribution in [-0.2, 0) is 3.74 Å². The molecule has 0 bridgehead atoms. The SMILES string of the molecule is CCCCC1=Cc2ccccc2S1(O[Cl+3]([O-])([O-])[O-])C(F)(F)F. The lowest BCUT2D eigenvalue weighted by atomic mass is 10.2. The first-order valence-corrected chi connectivity index (χ1v) is 9.22. The van der Waals surface area contributed by atoms with Crippen molar-refractivity contribution >= 4 is 16.4 Å². The fourth-order valence-electron chi connectivity index (χ4n) is 2.33. The van der Waals surface area contributed by atoms with Crippen LogP contribution in [0.15, 0.2) is 34.1 Å². The van der Waals surface area contributed by atoms with Gasteiger partial charge in [0.2, 0.25) is 0 Å². The second kappa shape index (κ2) is 6.03. The number of hydrogen-bond acceptors (Lipinski definition) is 4. The highest BCUT2D eigenvalue weighted by molar-refractivity contribution is 8.34. The van der Waals surface area contributed by atoms with Gasteiger partial charge in [-0.2, -0.15) is 27.1 Å². The Bertz CT molecular complexity index is 585. The van der Waals surface area contributed by atoms with Crippen LogP contribution in [0.25, 0.3) is 6.08 Å². The summed E-state index contributed by atoms with van der Waals surface area (Å²) in [5.41, 5.74) is -4.76. The van der Waals surface area contributed by atoms with Gasteiger partial charge in [0, 0.05) is 9.80 Å². The number of benzene rings is 1. The van der Waals surface area contributed by atoms with E-state index in [0.29, 0.717) is 12.8 Å². The molecule has 0 aromatic heterocycles. The van der Waals surface area contributed by atoms with E-state index in [1.54, 1.807) is 13.0 Å². The van der Waals surface area contributed by atoms with Gasteiger partial charge in [0.05, 0.1) is 10.2 Å². The molecule has 0 saturated carbocycles. The van der Waals surface area contributed by atoms with Gasteiger partial charge >= 0.3 is 5.51 Å². The average Bonchev–Trinajstić information content (AvgIpc) is 2.69. The topological polar surface area (TPSA) is 78.4 Å². The Hall–Kier alpha value is -0.770. The summed E-state index contributed by atoms with van der Waals surface area (Å²) < 4.78 is 78.3. The predicted octanol–water partition coefficient (Wildman–Crippen LogP) is 1.74. The van der Waals surface area contributed by atoms with Crippen LogP contribution in [0.5, 0.6) is 0 Å². The van der Waals surface area contributed by atoms with E-state index in [0.717, 1.165) is 6.07 Å². The third-order valence-electron chi connectivity index (χ3n) is 3.19. The molecular weight excluding hydrogens is 345 g/mol. The second-order valence-corrected chi connectivity index (χ2v) is 8.49. The van der Waals surface area contributed by atoms with Crippen LogP contribution < -0.4 is 14.0 Å². The van der Waals surface area contributed by atoms with E-state index in [1.807, 2.05) is 0 Å². The van der Waals surface area contributed by atoms with Gasteiger partial charge in [-0.3, -0.25) is 0 Å². The quantitative estimate of drug-likeness (QED) is 0.803. The van der Waals surface area contributed by atoms with E-state index in [2.05, 4.69) is 3.74 Å². The fraction of sp³-hybridized carbons (Fsp3) is 0.385. The molecule has 0 aliphatic carbocycles. The molecule has 1 aromatic carbocycles. The third kappa shape index (κ3) is 3.12. The molecule has 0 radical (unpaired) electrons. The molecule has 0 spiro atoms. The van der Waals surface area contributed by atoms with E-state index >= 15 is 0 Å². The molecule has 1 aliphatic heterocycles. The summed E-state index contributed by atoms with van der Waals surface area (Å²) in [6.07, 6.45) is 2.37. The average molecular weight is 359 g/mol. The van der Waals surface area contributed by atoms with Gasteiger partial charge < -0.3 is 0 Å². The molecular formula is C13H14ClF3O4S. The van der Waals surface area contributed by atoms with E-state index in [4.69, 9.17) is 0 Å². The molecule has 2 rings (SSSR count). The van der Waals surface area contributed by atoms with Crippen molar-refractivity contribution in [3.8, 4) is 0 Å². The summed E-state index contributed by atoms with van der Waals surface area (Å²) in [4.78, 5) is -0.476. The summed E-state index contributed by atoms with van der Waals surface area (Å²) in [6.45, 7) is 1.80. The lowest BCUT2D eigenvalue weighted by molar-refractivity contribution is -1.91. The van der Waals surface area contributed by atoms with Crippen molar-refractivity contribution in [2.75, 3.05) is 0 Å². The summed E-state index contributed by atoms with van der Waals surface area (Å²) in [6, 6.07) is 5.51. The fourth-order valence-corrected chi connectivity index (χ4v) is 6.41. The minimum Gasteiger partial charge on any atom is -0.182 e. The van der Waals surface area contributed by atoms with Crippen LogP contribution in [0.3, 0.4) is 0 Å². The first kappa shape index (κ1) is 17.6. The Kier molecular flexibility index (Phi) is 4.82. The first-order chi connectivity index (χ1) is 10.1. The Morgan fingerprint density at radius 1 is 1.18 bits per heavy atom. The molecule has 124 valence electrons. The summed E-state index contributed by atoms with van der Waals surface area (Å²) >= 11 is 0. The van der Waals surface area contributed by atoms with Gasteiger partial charge in [-0.1, -0.05) is 31.5 Å². The largest absolute Gasteiger partial charge is 0.468 e. The normalized spacial score (nSPS) is 24.6. The monoisotopic (exact) mass is 358 g/mol. The van der Waals surface area contributed by atoms with Gasteiger partial charge in [-0.05, 0) is 30.5 Å². The number of fused-ring (bicyclic) bond motifs is 1. The molecule has 0 amide bonds. The van der Waals surface area contributed by atoms with Crippen molar-refractivity contribution in [2.24, 2.45) is 0 Å². The summed E-state index contributed by atoms with van der Waals surface area (Å²) in [7, 11) is -9.58. The van der Waals surface area contributed by atoms with Crippen LogP contribution >= 0.6 is 10.3 Å². The Balaban J connectivity index is 2.62. The van der Waals surface area contributed by atoms with Crippen molar-refractivity contribution in [2.45, 2.75) is 36.6 Å². The molecule has 0 saturated heterocycles. The van der Waals surface area contributed by atoms with Crippen LogP contribution in [0, 0.1) is 10.2 Å². The number of halogens is 4. The zero-order valence-electron chi connectivity index (χ0n) is 11.6. The van der Waals surface area contributed by atoms with Crippen molar-refractivity contribution in [1.29, 1.82) is 0 Å². The standard InChI is InChI=1S/C13H14ClF3O4S/c1-2-3-7-11-9-10-6-4-5-8-12(10)22(11,13(15,16)17)21-14(18,19)20/h4-6,8-9H,2-3,7H2,1H3. The molecule has 9 heteroatoms. The smallest absolute Gasteiger partial charge is 0.182 e. The lowest BCUT2D eigenvalue weighted by Gasteiger charge is -2.34. The first-order valence-electron chi connectivity index (χ1n) is 6.43. The zero-order valence-corrected chi connectivity index (χ0v) is 13.1. The molecule has 1 heterocycles. The van der Waals surface area contributed by atoms with E-state index < -0.39 is 26.1 Å². The van der Waals surface area contributed by atoms with Gasteiger partial charge in [-0.15, -0.1) is 0 Å². The summed E-state index contributed by atoms with van der Waals surface area (Å²) in [5.74, 6) is 0. The lowest BCUT2D eigenvalue weighted by Crippen LogP contribution is -2.61. The maximum atomic E-state index is 13.8. The van der Waals surface area contributed by atoms with Gasteiger partial charge in [0.1, 0.15) is 3.74 Å². The van der Waals surface area contributed by atoms with Crippen molar-refractivity contribution in [3.63, 3.8) is 0 Å². The Morgan fingerprint density at radius 3 is 2.36 bits per heavy atom. The minimum atomic E-state index is -5.22. The number of alkyl halides is 3. The minimum absolute atomic E-state index is 0.0189. The third-order valence-corrected chi connectivity index (χ3v) is 7.27. The number of allylic oxidation sites excluding steroid dienone is 1. The zero-order chi connectivity index (χ0) is 16.6. The van der Waals surface area contributed by atoms with E-state index in [9.17, 15) is 27.1 Å². The molecule has 22 heavy (non-hydrogen) atoms. The van der Waals surface area contributed by atoms with Crippen molar-refractivity contribution in [1.82, 2.24) is 0 Å². The highest BCUT2D eigenvalue weighted by Gasteiger charge is 2.67. The molecule has 1 unspecified atom stereocenters. The number of rotatable bonds is 5. The predicted molar refractivity (Wildman–Crippen MR) is 66.9 cm³/mol. The molecule has 4 nitrogen and oxygen atoms in total. The van der Waals surface area contributed by atoms with Gasteiger partial charge in [-0.25, -0.2) is 0 Å². The molecule has 1 atom stereocenters. The van der Waals surface area contributed by atoms with Crippen molar-refractivity contribution in [3.05, 3.63) is 34.7 Å². The van der Waals surface area contributed by atoms with Crippen LogP contribution in [0.2, 0.25) is 0 Å². The number of unbranched alkanes of at least 4 members (excludes halogenated alkanes) is 1. The number of hydrogen-bond donors (Lipinski definition) is 0. The molecule has 0 fully saturated rings. The van der Waals surface area contributed by atoms with Crippen LogP contribution in [0.4, 0.5) is 13.2 Å². The second-order valence-electron chi connectivity index (χ2n) is 4.69. The molecule has 0 N–H and O–H groups in total. The Labute approximate surface area is 129 Å². The van der Waals surface area contributed by atoms with Crippen molar-refractivity contribution < 1.29 is 41.1 Å². The van der Waals surface area contributed by atoms with Gasteiger partial charge in [0.25, 0.3) is 0 Å². The highest BCUT2D eigenvalue weighted by Crippen LogP contribution is 2.78. The van der Waals surface area contributed by atoms with Crippen LogP contribution in [0.1, 0.15) is 31.7 Å². The molecule has 1 aliphatic rings. The van der Waals surface area contributed by atoms with E-state index in [1.165, 1.54) is 18.2 Å². The van der Waals surface area contributed by atoms with E-state index in [-0.39, 0.29) is 21.8 Å².